The Balaban J connectivity index is 1.71. The van der Waals surface area contributed by atoms with Gasteiger partial charge in [-0.15, -0.1) is 0 Å². The van der Waals surface area contributed by atoms with Gasteiger partial charge in [-0.25, -0.2) is 0 Å². The van der Waals surface area contributed by atoms with E-state index < -0.39 is 0 Å². The van der Waals surface area contributed by atoms with Gasteiger partial charge in [0.05, 0.1) is 13.2 Å². The number of hydrogen-bond acceptors (Lipinski definition) is 4. The molecule has 19 heavy (non-hydrogen) atoms. The maximum atomic E-state index is 5.58. The van der Waals surface area contributed by atoms with Gasteiger partial charge in [0.2, 0.25) is 0 Å². The summed E-state index contributed by atoms with van der Waals surface area (Å²) in [5.41, 5.74) is 0. The van der Waals surface area contributed by atoms with Crippen molar-refractivity contribution in [1.82, 2.24) is 10.2 Å². The van der Waals surface area contributed by atoms with Gasteiger partial charge in [0.1, 0.15) is 0 Å². The van der Waals surface area contributed by atoms with E-state index in [2.05, 4.69) is 17.1 Å². The fourth-order valence-corrected chi connectivity index (χ4v) is 2.23. The monoisotopic (exact) mass is 272 g/mol. The maximum absolute atomic E-state index is 5.58. The van der Waals surface area contributed by atoms with Crippen molar-refractivity contribution in [3.05, 3.63) is 0 Å². The standard InChI is InChI=1S/C15H32N2O2/c1-2-3-4-12-18-13-6-8-16-7-5-9-17-10-14-19-15-11-17/h16H,2-15H2,1H3. The Morgan fingerprint density at radius 3 is 2.53 bits per heavy atom. The smallest absolute Gasteiger partial charge is 0.0594 e. The Kier molecular flexibility index (Phi) is 11.4. The van der Waals surface area contributed by atoms with Gasteiger partial charge in [-0.1, -0.05) is 19.8 Å². The molecule has 0 aromatic carbocycles. The van der Waals surface area contributed by atoms with Gasteiger partial charge < -0.3 is 14.8 Å². The third kappa shape index (κ3) is 10.3. The molecule has 114 valence electrons. The van der Waals surface area contributed by atoms with E-state index in [0.717, 1.165) is 59.0 Å². The zero-order chi connectivity index (χ0) is 13.6. The molecule has 0 aromatic rings. The van der Waals surface area contributed by atoms with Gasteiger partial charge in [-0.2, -0.15) is 0 Å². The quantitative estimate of drug-likeness (QED) is 0.550. The number of nitrogens with zero attached hydrogens (tertiary/aromatic N) is 1. The molecule has 0 atom stereocenters. The van der Waals surface area contributed by atoms with Crippen molar-refractivity contribution in [2.24, 2.45) is 0 Å². The third-order valence-electron chi connectivity index (χ3n) is 3.47. The summed E-state index contributed by atoms with van der Waals surface area (Å²) in [6, 6.07) is 0. The Morgan fingerprint density at radius 2 is 1.74 bits per heavy atom. The summed E-state index contributed by atoms with van der Waals surface area (Å²) in [6.07, 6.45) is 6.14. The SMILES string of the molecule is CCCCCOCCCNCCCN1CCOCC1. The molecule has 1 fully saturated rings. The summed E-state index contributed by atoms with van der Waals surface area (Å²) in [6.45, 7) is 11.5. The minimum atomic E-state index is 0.903. The van der Waals surface area contributed by atoms with Crippen LogP contribution < -0.4 is 5.32 Å². The highest BCUT2D eigenvalue weighted by Gasteiger charge is 2.08. The number of rotatable bonds is 12. The summed E-state index contributed by atoms with van der Waals surface area (Å²) in [5.74, 6) is 0. The minimum Gasteiger partial charge on any atom is -0.381 e. The van der Waals surface area contributed by atoms with E-state index >= 15 is 0 Å². The van der Waals surface area contributed by atoms with Crippen molar-refractivity contribution < 1.29 is 9.47 Å². The first kappa shape index (κ1) is 16.9. The molecule has 4 heteroatoms. The third-order valence-corrected chi connectivity index (χ3v) is 3.47. The molecular formula is C15H32N2O2. The zero-order valence-corrected chi connectivity index (χ0v) is 12.7. The molecule has 1 saturated heterocycles. The van der Waals surface area contributed by atoms with E-state index in [1.54, 1.807) is 0 Å². The van der Waals surface area contributed by atoms with Crippen molar-refractivity contribution in [2.75, 3.05) is 59.2 Å². The van der Waals surface area contributed by atoms with Crippen LogP contribution in [0.1, 0.15) is 39.0 Å². The molecule has 1 aliphatic rings. The lowest BCUT2D eigenvalue weighted by Gasteiger charge is -2.26. The lowest BCUT2D eigenvalue weighted by Crippen LogP contribution is -2.37. The lowest BCUT2D eigenvalue weighted by atomic mass is 10.3. The van der Waals surface area contributed by atoms with Gasteiger partial charge >= 0.3 is 0 Å². The number of nitrogens with one attached hydrogen (secondary N) is 1. The lowest BCUT2D eigenvalue weighted by molar-refractivity contribution is 0.0374. The summed E-state index contributed by atoms with van der Waals surface area (Å²) >= 11 is 0. The van der Waals surface area contributed by atoms with Crippen LogP contribution in [0.3, 0.4) is 0 Å². The van der Waals surface area contributed by atoms with Crippen molar-refractivity contribution in [2.45, 2.75) is 39.0 Å². The van der Waals surface area contributed by atoms with E-state index in [1.807, 2.05) is 0 Å². The van der Waals surface area contributed by atoms with Gasteiger partial charge in [0.25, 0.3) is 0 Å². The number of hydrogen-bond donors (Lipinski definition) is 1. The molecule has 0 unspecified atom stereocenters. The molecule has 1 rings (SSSR count). The van der Waals surface area contributed by atoms with Crippen LogP contribution in [0, 0.1) is 0 Å². The van der Waals surface area contributed by atoms with Crippen LogP contribution in [-0.4, -0.2) is 64.1 Å². The van der Waals surface area contributed by atoms with Gasteiger partial charge in [-0.05, 0) is 38.9 Å². The molecule has 0 bridgehead atoms. The summed E-state index contributed by atoms with van der Waals surface area (Å²) in [5, 5.41) is 3.49. The minimum absolute atomic E-state index is 0.903. The van der Waals surface area contributed by atoms with Gasteiger partial charge in [0, 0.05) is 26.3 Å². The van der Waals surface area contributed by atoms with Crippen LogP contribution in [0.25, 0.3) is 0 Å². The molecule has 0 saturated carbocycles. The van der Waals surface area contributed by atoms with E-state index in [-0.39, 0.29) is 0 Å². The second-order valence-electron chi connectivity index (χ2n) is 5.23. The molecule has 0 spiro atoms. The highest BCUT2D eigenvalue weighted by atomic mass is 16.5. The first-order valence-corrected chi connectivity index (χ1v) is 8.02. The molecule has 1 aliphatic heterocycles. The summed E-state index contributed by atoms with van der Waals surface area (Å²) in [4.78, 5) is 2.49. The summed E-state index contributed by atoms with van der Waals surface area (Å²) in [7, 11) is 0. The van der Waals surface area contributed by atoms with E-state index in [0.29, 0.717) is 0 Å². The van der Waals surface area contributed by atoms with Crippen molar-refractivity contribution in [3.8, 4) is 0 Å². The van der Waals surface area contributed by atoms with Crippen molar-refractivity contribution in [1.29, 1.82) is 0 Å². The highest BCUT2D eigenvalue weighted by Crippen LogP contribution is 1.97. The van der Waals surface area contributed by atoms with Crippen molar-refractivity contribution >= 4 is 0 Å². The first-order valence-electron chi connectivity index (χ1n) is 8.02. The number of ether oxygens (including phenoxy) is 2. The summed E-state index contributed by atoms with van der Waals surface area (Å²) < 4.78 is 10.9. The second kappa shape index (κ2) is 12.9. The number of unbranched alkanes of at least 4 members (excludes halogenated alkanes) is 2. The zero-order valence-electron chi connectivity index (χ0n) is 12.7. The normalized spacial score (nSPS) is 16.9. The molecule has 1 N–H and O–H groups in total. The average molecular weight is 272 g/mol. The molecule has 0 amide bonds. The van der Waals surface area contributed by atoms with Gasteiger partial charge in [0.15, 0.2) is 0 Å². The molecule has 0 aromatic heterocycles. The Labute approximate surface area is 118 Å². The predicted octanol–water partition coefficient (Wildman–Crippen LogP) is 1.90. The van der Waals surface area contributed by atoms with Crippen LogP contribution in [0.4, 0.5) is 0 Å². The average Bonchev–Trinajstić information content (AvgIpc) is 2.46. The molecular weight excluding hydrogens is 240 g/mol. The Morgan fingerprint density at radius 1 is 1.00 bits per heavy atom. The van der Waals surface area contributed by atoms with E-state index in [1.165, 1.54) is 32.2 Å². The van der Waals surface area contributed by atoms with Crippen LogP contribution in [0.15, 0.2) is 0 Å². The van der Waals surface area contributed by atoms with Crippen LogP contribution >= 0.6 is 0 Å². The highest BCUT2D eigenvalue weighted by molar-refractivity contribution is 4.62. The maximum Gasteiger partial charge on any atom is 0.0594 e. The topological polar surface area (TPSA) is 33.7 Å². The predicted molar refractivity (Wildman–Crippen MR) is 79.7 cm³/mol. The largest absolute Gasteiger partial charge is 0.381 e. The molecule has 0 aliphatic carbocycles. The Hall–Kier alpha value is -0.160. The van der Waals surface area contributed by atoms with E-state index in [9.17, 15) is 0 Å². The van der Waals surface area contributed by atoms with Crippen LogP contribution in [0.2, 0.25) is 0 Å². The van der Waals surface area contributed by atoms with Gasteiger partial charge in [-0.3, -0.25) is 4.90 Å². The van der Waals surface area contributed by atoms with Crippen molar-refractivity contribution in [3.63, 3.8) is 0 Å². The van der Waals surface area contributed by atoms with Crippen LogP contribution in [0.5, 0.6) is 0 Å². The fourth-order valence-electron chi connectivity index (χ4n) is 2.23. The Bertz CT molecular complexity index is 185. The first-order chi connectivity index (χ1) is 9.43. The van der Waals surface area contributed by atoms with Crippen LogP contribution in [-0.2, 0) is 9.47 Å². The fraction of sp³-hybridized carbons (Fsp3) is 1.00. The molecule has 1 heterocycles. The molecule has 4 nitrogen and oxygen atoms in total. The van der Waals surface area contributed by atoms with E-state index in [4.69, 9.17) is 9.47 Å². The second-order valence-corrected chi connectivity index (χ2v) is 5.23. The number of morpholine rings is 1. The molecule has 0 radical (unpaired) electrons.